The first kappa shape index (κ1) is 20.1. The lowest BCUT2D eigenvalue weighted by molar-refractivity contribution is 1.17. The number of benzene rings is 5. The number of fused-ring (bicyclic) bond motifs is 6. The van der Waals surface area contributed by atoms with Crippen LogP contribution < -0.4 is 0 Å². The summed E-state index contributed by atoms with van der Waals surface area (Å²) in [6.07, 6.45) is 0. The number of nitrogens with zero attached hydrogens (tertiary/aromatic N) is 3. The van der Waals surface area contributed by atoms with Crippen molar-refractivity contribution in [2.24, 2.45) is 0 Å². The minimum Gasteiger partial charge on any atom is -0.311 e. The van der Waals surface area contributed by atoms with Gasteiger partial charge in [-0.05, 0) is 48.5 Å². The molecule has 2 aromatic heterocycles. The smallest absolute Gasteiger partial charge is 0.203 e. The van der Waals surface area contributed by atoms with Gasteiger partial charge in [-0.1, -0.05) is 76.6 Å². The fraction of sp³-hybridized carbons (Fsp3) is 0. The monoisotopic (exact) mass is 511 g/mol. The third-order valence-corrected chi connectivity index (χ3v) is 7.47. The molecule has 2 heterocycles. The maximum absolute atomic E-state index is 7.56. The molecule has 0 aliphatic carbocycles. The zero-order valence-electron chi connectivity index (χ0n) is 18.6. The molecule has 0 amide bonds. The standard InChI is InChI=1S/C31H18BrN3/c1-33-27-19-21(14-16-26(27)32)35-30-13-7-4-10-24(30)25-18-20(15-17-31(25)35)34-28-11-5-2-8-22(28)23-9-3-6-12-29(23)34/h2-19H. The van der Waals surface area contributed by atoms with Crippen molar-refractivity contribution in [3.63, 3.8) is 0 Å². The summed E-state index contributed by atoms with van der Waals surface area (Å²) in [5.41, 5.74) is 7.37. The van der Waals surface area contributed by atoms with E-state index in [1.165, 1.54) is 32.6 Å². The Morgan fingerprint density at radius 1 is 0.514 bits per heavy atom. The molecule has 0 saturated heterocycles. The van der Waals surface area contributed by atoms with E-state index in [0.29, 0.717) is 5.69 Å². The lowest BCUT2D eigenvalue weighted by Gasteiger charge is -2.11. The average Bonchev–Trinajstić information content (AvgIpc) is 3.42. The van der Waals surface area contributed by atoms with Crippen molar-refractivity contribution in [3.8, 4) is 11.4 Å². The van der Waals surface area contributed by atoms with Gasteiger partial charge < -0.3 is 9.13 Å². The Bertz CT molecular complexity index is 1930. The third kappa shape index (κ3) is 2.89. The van der Waals surface area contributed by atoms with Gasteiger partial charge in [-0.2, -0.15) is 0 Å². The van der Waals surface area contributed by atoms with E-state index in [9.17, 15) is 0 Å². The van der Waals surface area contributed by atoms with Crippen LogP contribution in [-0.4, -0.2) is 9.13 Å². The topological polar surface area (TPSA) is 14.2 Å². The van der Waals surface area contributed by atoms with E-state index in [1.54, 1.807) is 0 Å². The predicted molar refractivity (Wildman–Crippen MR) is 149 cm³/mol. The second kappa shape index (κ2) is 7.59. The zero-order chi connectivity index (χ0) is 23.5. The normalized spacial score (nSPS) is 11.5. The fourth-order valence-corrected chi connectivity index (χ4v) is 5.64. The maximum Gasteiger partial charge on any atom is 0.203 e. The molecule has 0 fully saturated rings. The van der Waals surface area contributed by atoms with Gasteiger partial charge in [0.25, 0.3) is 0 Å². The van der Waals surface area contributed by atoms with Gasteiger partial charge in [-0.3, -0.25) is 0 Å². The molecule has 0 aliphatic heterocycles. The van der Waals surface area contributed by atoms with Crippen molar-refractivity contribution in [3.05, 3.63) is 125 Å². The molecule has 3 nitrogen and oxygen atoms in total. The van der Waals surface area contributed by atoms with Crippen molar-refractivity contribution in [2.75, 3.05) is 0 Å². The van der Waals surface area contributed by atoms with Gasteiger partial charge in [0.15, 0.2) is 0 Å². The minimum atomic E-state index is 0.607. The van der Waals surface area contributed by atoms with Gasteiger partial charge in [0.05, 0.1) is 28.6 Å². The number of halogens is 1. The largest absolute Gasteiger partial charge is 0.311 e. The highest BCUT2D eigenvalue weighted by Gasteiger charge is 2.16. The Balaban J connectivity index is 1.56. The van der Waals surface area contributed by atoms with Crippen LogP contribution in [0, 0.1) is 6.57 Å². The molecule has 0 unspecified atom stereocenters. The molecule has 4 heteroatoms. The second-order valence-electron chi connectivity index (χ2n) is 8.67. The molecule has 164 valence electrons. The Kier molecular flexibility index (Phi) is 4.36. The molecule has 7 rings (SSSR count). The molecular weight excluding hydrogens is 494 g/mol. The fourth-order valence-electron chi connectivity index (χ4n) is 5.30. The van der Waals surface area contributed by atoms with Crippen LogP contribution >= 0.6 is 15.9 Å². The van der Waals surface area contributed by atoms with E-state index in [-0.39, 0.29) is 0 Å². The van der Waals surface area contributed by atoms with Crippen LogP contribution in [0.1, 0.15) is 0 Å². The highest BCUT2D eigenvalue weighted by atomic mass is 79.9. The van der Waals surface area contributed by atoms with Gasteiger partial charge in [-0.25, -0.2) is 4.85 Å². The number of hydrogen-bond donors (Lipinski definition) is 0. The first-order chi connectivity index (χ1) is 17.2. The van der Waals surface area contributed by atoms with Gasteiger partial charge in [0.2, 0.25) is 5.69 Å². The maximum atomic E-state index is 7.56. The summed E-state index contributed by atoms with van der Waals surface area (Å²) in [6, 6.07) is 38.3. The van der Waals surface area contributed by atoms with Crippen LogP contribution in [0.25, 0.3) is 59.8 Å². The van der Waals surface area contributed by atoms with Crippen molar-refractivity contribution in [1.29, 1.82) is 0 Å². The molecule has 0 atom stereocenters. The number of hydrogen-bond acceptors (Lipinski definition) is 0. The Morgan fingerprint density at radius 3 is 1.54 bits per heavy atom. The molecule has 35 heavy (non-hydrogen) atoms. The molecule has 5 aromatic carbocycles. The molecule has 0 aliphatic rings. The van der Waals surface area contributed by atoms with Gasteiger partial charge in [0, 0.05) is 37.4 Å². The van der Waals surface area contributed by atoms with Crippen molar-refractivity contribution >= 4 is 65.2 Å². The van der Waals surface area contributed by atoms with Gasteiger partial charge in [0.1, 0.15) is 0 Å². The molecular formula is C31H18BrN3. The van der Waals surface area contributed by atoms with Crippen LogP contribution in [-0.2, 0) is 0 Å². The van der Waals surface area contributed by atoms with Crippen molar-refractivity contribution in [1.82, 2.24) is 9.13 Å². The minimum absolute atomic E-state index is 0.607. The van der Waals surface area contributed by atoms with Gasteiger partial charge in [-0.15, -0.1) is 0 Å². The van der Waals surface area contributed by atoms with E-state index in [2.05, 4.69) is 127 Å². The summed E-state index contributed by atoms with van der Waals surface area (Å²) in [6.45, 7) is 7.56. The van der Waals surface area contributed by atoms with Crippen LogP contribution in [0.3, 0.4) is 0 Å². The first-order valence-electron chi connectivity index (χ1n) is 11.4. The third-order valence-electron chi connectivity index (χ3n) is 6.80. The molecule has 0 N–H and O–H groups in total. The average molecular weight is 512 g/mol. The van der Waals surface area contributed by atoms with E-state index in [4.69, 9.17) is 6.57 Å². The number of para-hydroxylation sites is 3. The Labute approximate surface area is 210 Å². The Morgan fingerprint density at radius 2 is 0.971 bits per heavy atom. The summed E-state index contributed by atoms with van der Waals surface area (Å²) >= 11 is 3.50. The van der Waals surface area contributed by atoms with Gasteiger partial charge >= 0.3 is 0 Å². The molecule has 0 spiro atoms. The van der Waals surface area contributed by atoms with Crippen molar-refractivity contribution in [2.45, 2.75) is 0 Å². The van der Waals surface area contributed by atoms with E-state index in [0.717, 1.165) is 26.9 Å². The van der Waals surface area contributed by atoms with E-state index < -0.39 is 0 Å². The van der Waals surface area contributed by atoms with Crippen molar-refractivity contribution < 1.29 is 0 Å². The summed E-state index contributed by atoms with van der Waals surface area (Å²) in [7, 11) is 0. The highest BCUT2D eigenvalue weighted by Crippen LogP contribution is 2.38. The number of aromatic nitrogens is 2. The lowest BCUT2D eigenvalue weighted by atomic mass is 10.1. The summed E-state index contributed by atoms with van der Waals surface area (Å²) in [4.78, 5) is 3.69. The van der Waals surface area contributed by atoms with E-state index in [1.807, 2.05) is 12.1 Å². The molecule has 0 radical (unpaired) electrons. The summed E-state index contributed by atoms with van der Waals surface area (Å²) < 4.78 is 5.42. The zero-order valence-corrected chi connectivity index (χ0v) is 20.2. The molecule has 0 bridgehead atoms. The highest BCUT2D eigenvalue weighted by molar-refractivity contribution is 9.10. The SMILES string of the molecule is [C-]#[N+]c1cc(-n2c3ccccc3c3cc(-n4c5ccccc5c5ccccc54)ccc32)ccc1Br. The molecule has 7 aromatic rings. The first-order valence-corrected chi connectivity index (χ1v) is 12.2. The second-order valence-corrected chi connectivity index (χ2v) is 9.53. The van der Waals surface area contributed by atoms with Crippen LogP contribution in [0.2, 0.25) is 0 Å². The van der Waals surface area contributed by atoms with Crippen LogP contribution in [0.15, 0.2) is 114 Å². The van der Waals surface area contributed by atoms with Crippen LogP contribution in [0.4, 0.5) is 5.69 Å². The lowest BCUT2D eigenvalue weighted by Crippen LogP contribution is -1.95. The predicted octanol–water partition coefficient (Wildman–Crippen LogP) is 9.19. The quantitative estimate of drug-likeness (QED) is 0.205. The number of rotatable bonds is 2. The summed E-state index contributed by atoms with van der Waals surface area (Å²) in [5.74, 6) is 0. The summed E-state index contributed by atoms with van der Waals surface area (Å²) in [5, 5.41) is 4.89. The van der Waals surface area contributed by atoms with Crippen LogP contribution in [0.5, 0.6) is 0 Å². The molecule has 0 saturated carbocycles. The van der Waals surface area contributed by atoms with E-state index >= 15 is 0 Å². The Hall–Kier alpha value is -4.33.